The van der Waals surface area contributed by atoms with Gasteiger partial charge >= 0.3 is 6.61 Å². The van der Waals surface area contributed by atoms with Crippen LogP contribution >= 0.6 is 0 Å². The van der Waals surface area contributed by atoms with Crippen molar-refractivity contribution in [3.63, 3.8) is 0 Å². The van der Waals surface area contributed by atoms with Crippen molar-refractivity contribution in [2.45, 2.75) is 38.9 Å². The number of Topliss-reactive ketones (excluding diaryl/α,β-unsaturated/α-hetero) is 1. The molecule has 2 aliphatic rings. The number of anilines is 1. The van der Waals surface area contributed by atoms with Gasteiger partial charge in [-0.05, 0) is 25.5 Å². The lowest BCUT2D eigenvalue weighted by molar-refractivity contribution is -0.114. The molecule has 5 nitrogen and oxygen atoms in total. The van der Waals surface area contributed by atoms with Crippen LogP contribution in [0, 0.1) is 0 Å². The van der Waals surface area contributed by atoms with E-state index in [-0.39, 0.29) is 23.4 Å². The zero-order chi connectivity index (χ0) is 17.1. The molecule has 1 atom stereocenters. The van der Waals surface area contributed by atoms with E-state index in [4.69, 9.17) is 9.47 Å². The summed E-state index contributed by atoms with van der Waals surface area (Å²) in [6.45, 7) is -0.144. The SMILES string of the molecule is CC1=C(Nc2ccc(OC(F)F)c(O[C@H]3CCOC3)c2)CCC1=O. The second-order valence-corrected chi connectivity index (χ2v) is 5.80. The van der Waals surface area contributed by atoms with E-state index in [1.54, 1.807) is 19.1 Å². The molecule has 0 amide bonds. The zero-order valence-corrected chi connectivity index (χ0v) is 13.3. The van der Waals surface area contributed by atoms with Crippen molar-refractivity contribution in [3.05, 3.63) is 29.5 Å². The first-order valence-corrected chi connectivity index (χ1v) is 7.86. The number of nitrogens with one attached hydrogen (secondary N) is 1. The molecule has 0 saturated carbocycles. The van der Waals surface area contributed by atoms with Gasteiger partial charge in [0, 0.05) is 35.9 Å². The van der Waals surface area contributed by atoms with Gasteiger partial charge in [0.25, 0.3) is 0 Å². The van der Waals surface area contributed by atoms with E-state index in [0.717, 1.165) is 5.70 Å². The number of hydrogen-bond donors (Lipinski definition) is 1. The lowest BCUT2D eigenvalue weighted by Crippen LogP contribution is -2.17. The van der Waals surface area contributed by atoms with Gasteiger partial charge in [-0.2, -0.15) is 8.78 Å². The molecule has 7 heteroatoms. The van der Waals surface area contributed by atoms with Crippen molar-refractivity contribution in [1.29, 1.82) is 0 Å². The molecular weight excluding hydrogens is 320 g/mol. The third kappa shape index (κ3) is 3.84. The maximum absolute atomic E-state index is 12.6. The monoisotopic (exact) mass is 339 g/mol. The van der Waals surface area contributed by atoms with E-state index >= 15 is 0 Å². The number of allylic oxidation sites excluding steroid dienone is 2. The van der Waals surface area contributed by atoms with Crippen LogP contribution in [0.5, 0.6) is 11.5 Å². The highest BCUT2D eigenvalue weighted by atomic mass is 19.3. The van der Waals surface area contributed by atoms with E-state index < -0.39 is 6.61 Å². The van der Waals surface area contributed by atoms with Gasteiger partial charge in [0.05, 0.1) is 13.2 Å². The summed E-state index contributed by atoms with van der Waals surface area (Å²) in [5.41, 5.74) is 2.21. The number of alkyl halides is 2. The number of carbonyl (C=O) groups is 1. The number of hydrogen-bond acceptors (Lipinski definition) is 5. The van der Waals surface area contributed by atoms with E-state index in [1.807, 2.05) is 0 Å². The summed E-state index contributed by atoms with van der Waals surface area (Å²) < 4.78 is 40.7. The number of carbonyl (C=O) groups excluding carboxylic acids is 1. The maximum Gasteiger partial charge on any atom is 0.387 e. The van der Waals surface area contributed by atoms with Crippen molar-refractivity contribution < 1.29 is 27.8 Å². The Kier molecular flexibility index (Phi) is 4.99. The summed E-state index contributed by atoms with van der Waals surface area (Å²) in [5.74, 6) is 0.337. The van der Waals surface area contributed by atoms with Gasteiger partial charge in [-0.25, -0.2) is 0 Å². The van der Waals surface area contributed by atoms with Crippen LogP contribution in [-0.2, 0) is 9.53 Å². The normalized spacial score (nSPS) is 20.8. The number of benzene rings is 1. The molecule has 0 unspecified atom stereocenters. The summed E-state index contributed by atoms with van der Waals surface area (Å²) in [4.78, 5) is 11.6. The van der Waals surface area contributed by atoms with Crippen LogP contribution in [0.3, 0.4) is 0 Å². The number of halogens is 2. The minimum absolute atomic E-state index is 0.0179. The number of ether oxygens (including phenoxy) is 3. The van der Waals surface area contributed by atoms with E-state index in [9.17, 15) is 13.6 Å². The van der Waals surface area contributed by atoms with Crippen molar-refractivity contribution in [3.8, 4) is 11.5 Å². The summed E-state index contributed by atoms with van der Waals surface area (Å²) >= 11 is 0. The van der Waals surface area contributed by atoms with Gasteiger partial charge in [0.2, 0.25) is 0 Å². The average Bonchev–Trinajstić information content (AvgIpc) is 3.15. The third-order valence-corrected chi connectivity index (χ3v) is 4.11. The molecule has 130 valence electrons. The topological polar surface area (TPSA) is 56.8 Å². The molecule has 1 heterocycles. The van der Waals surface area contributed by atoms with Gasteiger partial charge in [-0.1, -0.05) is 0 Å². The lowest BCUT2D eigenvalue weighted by Gasteiger charge is -2.18. The predicted octanol–water partition coefficient (Wildman–Crippen LogP) is 3.50. The first kappa shape index (κ1) is 16.7. The largest absolute Gasteiger partial charge is 0.484 e. The maximum atomic E-state index is 12.6. The predicted molar refractivity (Wildman–Crippen MR) is 83.5 cm³/mol. The van der Waals surface area contributed by atoms with Crippen LogP contribution in [0.25, 0.3) is 0 Å². The molecule has 3 rings (SSSR count). The Labute approximate surface area is 138 Å². The molecule has 0 bridgehead atoms. The Balaban J connectivity index is 1.81. The molecule has 1 aromatic rings. The Morgan fingerprint density at radius 3 is 2.75 bits per heavy atom. The molecule has 24 heavy (non-hydrogen) atoms. The minimum atomic E-state index is -2.93. The number of rotatable bonds is 6. The second-order valence-electron chi connectivity index (χ2n) is 5.80. The van der Waals surface area contributed by atoms with Crippen LogP contribution in [0.2, 0.25) is 0 Å². The van der Waals surface area contributed by atoms with Gasteiger partial charge in [0.1, 0.15) is 6.10 Å². The second kappa shape index (κ2) is 7.17. The highest BCUT2D eigenvalue weighted by Crippen LogP contribution is 2.35. The van der Waals surface area contributed by atoms with E-state index in [0.29, 0.717) is 43.7 Å². The summed E-state index contributed by atoms with van der Waals surface area (Å²) in [5, 5.41) is 3.17. The quantitative estimate of drug-likeness (QED) is 0.860. The summed E-state index contributed by atoms with van der Waals surface area (Å²) in [6.07, 6.45) is 1.65. The molecule has 1 aliphatic carbocycles. The molecular formula is C17H19F2NO4. The van der Waals surface area contributed by atoms with Gasteiger partial charge in [0.15, 0.2) is 17.3 Å². The molecule has 0 aromatic heterocycles. The Bertz CT molecular complexity index is 654. The van der Waals surface area contributed by atoms with Crippen molar-refractivity contribution in [2.24, 2.45) is 0 Å². The van der Waals surface area contributed by atoms with Gasteiger partial charge in [-0.15, -0.1) is 0 Å². The summed E-state index contributed by atoms with van der Waals surface area (Å²) in [7, 11) is 0. The molecule has 0 radical (unpaired) electrons. The molecule has 1 aliphatic heterocycles. The fourth-order valence-electron chi connectivity index (χ4n) is 2.77. The molecule has 1 N–H and O–H groups in total. The highest BCUT2D eigenvalue weighted by Gasteiger charge is 2.22. The van der Waals surface area contributed by atoms with Crippen molar-refractivity contribution >= 4 is 11.5 Å². The standard InChI is InChI=1S/C17H19F2NO4/c1-10-13(3-4-14(10)21)20-11-2-5-15(24-17(18)19)16(8-11)23-12-6-7-22-9-12/h2,5,8,12,17,20H,3-4,6-7,9H2,1H3/t12-/m0/s1. The van der Waals surface area contributed by atoms with Gasteiger partial charge in [-0.3, -0.25) is 4.79 Å². The number of ketones is 1. The first-order valence-electron chi connectivity index (χ1n) is 7.86. The fraction of sp³-hybridized carbons (Fsp3) is 0.471. The third-order valence-electron chi connectivity index (χ3n) is 4.11. The fourth-order valence-corrected chi connectivity index (χ4v) is 2.77. The van der Waals surface area contributed by atoms with Crippen LogP contribution in [0.1, 0.15) is 26.2 Å². The lowest BCUT2D eigenvalue weighted by atomic mass is 10.2. The molecule has 1 aromatic carbocycles. The van der Waals surface area contributed by atoms with E-state index in [1.165, 1.54) is 6.07 Å². The smallest absolute Gasteiger partial charge is 0.387 e. The zero-order valence-electron chi connectivity index (χ0n) is 13.3. The molecule has 0 spiro atoms. The molecule has 1 fully saturated rings. The summed E-state index contributed by atoms with van der Waals surface area (Å²) in [6, 6.07) is 4.67. The van der Waals surface area contributed by atoms with E-state index in [2.05, 4.69) is 10.1 Å². The van der Waals surface area contributed by atoms with Crippen LogP contribution in [0.4, 0.5) is 14.5 Å². The van der Waals surface area contributed by atoms with Crippen molar-refractivity contribution in [1.82, 2.24) is 0 Å². The minimum Gasteiger partial charge on any atom is -0.484 e. The molecule has 1 saturated heterocycles. The average molecular weight is 339 g/mol. The van der Waals surface area contributed by atoms with Gasteiger partial charge < -0.3 is 19.5 Å². The van der Waals surface area contributed by atoms with Crippen LogP contribution < -0.4 is 14.8 Å². The first-order chi connectivity index (χ1) is 11.5. The van der Waals surface area contributed by atoms with Crippen LogP contribution in [0.15, 0.2) is 29.5 Å². The Hall–Kier alpha value is -2.15. The highest BCUT2D eigenvalue weighted by molar-refractivity contribution is 5.98. The van der Waals surface area contributed by atoms with Crippen molar-refractivity contribution in [2.75, 3.05) is 18.5 Å². The van der Waals surface area contributed by atoms with Crippen LogP contribution in [-0.4, -0.2) is 31.7 Å². The Morgan fingerprint density at radius 2 is 2.12 bits per heavy atom. The Morgan fingerprint density at radius 1 is 1.29 bits per heavy atom.